The number of aromatic nitrogens is 2. The van der Waals surface area contributed by atoms with Crippen LogP contribution in [0.4, 0.5) is 0 Å². The Morgan fingerprint density at radius 1 is 1.45 bits per heavy atom. The van der Waals surface area contributed by atoms with Crippen molar-refractivity contribution in [2.45, 2.75) is 31.4 Å². The van der Waals surface area contributed by atoms with E-state index in [0.29, 0.717) is 18.7 Å². The maximum atomic E-state index is 5.87. The minimum Gasteiger partial charge on any atom is -0.381 e. The molecule has 2 rings (SSSR count). The molecule has 0 saturated carbocycles. The highest BCUT2D eigenvalue weighted by molar-refractivity contribution is 5.85. The summed E-state index contributed by atoms with van der Waals surface area (Å²) in [5.74, 6) is 0. The lowest BCUT2D eigenvalue weighted by molar-refractivity contribution is 0.0138. The number of halogens is 2. The molecule has 2 N–H and O–H groups in total. The van der Waals surface area contributed by atoms with E-state index in [9.17, 15) is 0 Å². The van der Waals surface area contributed by atoms with Gasteiger partial charge in [-0.3, -0.25) is 9.58 Å². The Morgan fingerprint density at radius 3 is 2.75 bits per heavy atom. The lowest BCUT2D eigenvalue weighted by Crippen LogP contribution is -2.49. The Kier molecular flexibility index (Phi) is 9.42. The average Bonchev–Trinajstić information content (AvgIpc) is 2.82. The van der Waals surface area contributed by atoms with E-state index < -0.39 is 0 Å². The topological polar surface area (TPSA) is 56.3 Å². The van der Waals surface area contributed by atoms with Crippen LogP contribution in [0.25, 0.3) is 0 Å². The Morgan fingerprint density at radius 2 is 2.20 bits per heavy atom. The highest BCUT2D eigenvalue weighted by Gasteiger charge is 2.26. The van der Waals surface area contributed by atoms with Crippen molar-refractivity contribution in [3.63, 3.8) is 0 Å². The fourth-order valence-corrected chi connectivity index (χ4v) is 2.69. The van der Waals surface area contributed by atoms with Crippen LogP contribution in [-0.2, 0) is 18.2 Å². The van der Waals surface area contributed by atoms with Gasteiger partial charge in [-0.2, -0.15) is 5.10 Å². The summed E-state index contributed by atoms with van der Waals surface area (Å²) in [4.78, 5) is 2.49. The van der Waals surface area contributed by atoms with Crippen LogP contribution in [0.5, 0.6) is 0 Å². The molecule has 0 spiro atoms. The van der Waals surface area contributed by atoms with E-state index in [1.54, 1.807) is 7.11 Å². The van der Waals surface area contributed by atoms with Gasteiger partial charge in [-0.05, 0) is 24.8 Å². The van der Waals surface area contributed by atoms with Crippen molar-refractivity contribution in [1.82, 2.24) is 14.7 Å². The fraction of sp³-hybridized carbons (Fsp3) is 0.769. The molecule has 7 heteroatoms. The highest BCUT2D eigenvalue weighted by atomic mass is 35.5. The Hall–Kier alpha value is -0.330. The largest absolute Gasteiger partial charge is 0.381 e. The predicted molar refractivity (Wildman–Crippen MR) is 85.9 cm³/mol. The van der Waals surface area contributed by atoms with E-state index in [-0.39, 0.29) is 24.8 Å². The van der Waals surface area contributed by atoms with Crippen LogP contribution in [0.15, 0.2) is 12.4 Å². The fourth-order valence-electron chi connectivity index (χ4n) is 2.69. The van der Waals surface area contributed by atoms with Crippen molar-refractivity contribution in [3.05, 3.63) is 18.0 Å². The summed E-state index contributed by atoms with van der Waals surface area (Å²) in [6.45, 7) is 2.86. The zero-order chi connectivity index (χ0) is 13.0. The van der Waals surface area contributed by atoms with Gasteiger partial charge in [0, 0.05) is 46.0 Å². The summed E-state index contributed by atoms with van der Waals surface area (Å²) >= 11 is 0. The van der Waals surface area contributed by atoms with Crippen LogP contribution < -0.4 is 5.73 Å². The number of nitrogens with zero attached hydrogens (tertiary/aromatic N) is 3. The summed E-state index contributed by atoms with van der Waals surface area (Å²) in [6, 6.07) is 0.459. The molecule has 20 heavy (non-hydrogen) atoms. The lowest BCUT2D eigenvalue weighted by Gasteiger charge is -2.38. The first-order valence-electron chi connectivity index (χ1n) is 6.67. The standard InChI is InChI=1S/C13H24N4O.2ClH/c1-16-10-11(9-15-16)3-5-17-6-4-13(18-2)7-12(17)8-14;;/h9-10,12-13H,3-8,14H2,1-2H3;2*1H. The molecule has 0 bridgehead atoms. The molecule has 2 atom stereocenters. The third-order valence-corrected chi connectivity index (χ3v) is 3.84. The van der Waals surface area contributed by atoms with E-state index in [4.69, 9.17) is 10.5 Å². The number of rotatable bonds is 5. The second kappa shape index (κ2) is 9.58. The monoisotopic (exact) mass is 324 g/mol. The maximum absolute atomic E-state index is 5.87. The van der Waals surface area contributed by atoms with Crippen LogP contribution in [0.2, 0.25) is 0 Å². The molecule has 0 amide bonds. The number of aryl methyl sites for hydroxylation is 1. The molecule has 0 aliphatic carbocycles. The van der Waals surface area contributed by atoms with Crippen molar-refractivity contribution in [1.29, 1.82) is 0 Å². The Labute approximate surface area is 133 Å². The third-order valence-electron chi connectivity index (χ3n) is 3.84. The minimum atomic E-state index is 0. The van der Waals surface area contributed by atoms with E-state index in [0.717, 1.165) is 32.4 Å². The summed E-state index contributed by atoms with van der Waals surface area (Å²) in [7, 11) is 3.75. The zero-order valence-electron chi connectivity index (χ0n) is 12.2. The molecule has 2 heterocycles. The molecule has 1 aromatic rings. The van der Waals surface area contributed by atoms with Crippen LogP contribution >= 0.6 is 24.8 Å². The van der Waals surface area contributed by atoms with Crippen molar-refractivity contribution in [3.8, 4) is 0 Å². The molecule has 5 nitrogen and oxygen atoms in total. The van der Waals surface area contributed by atoms with Crippen LogP contribution in [-0.4, -0.2) is 53.6 Å². The molecule has 1 saturated heterocycles. The molecule has 1 fully saturated rings. The molecule has 2 unspecified atom stereocenters. The normalized spacial score (nSPS) is 22.9. The van der Waals surface area contributed by atoms with E-state index >= 15 is 0 Å². The molecule has 1 aromatic heterocycles. The predicted octanol–water partition coefficient (Wildman–Crippen LogP) is 1.24. The molecule has 0 aromatic carbocycles. The van der Waals surface area contributed by atoms with Gasteiger partial charge in [0.1, 0.15) is 0 Å². The molecule has 0 radical (unpaired) electrons. The first-order valence-corrected chi connectivity index (χ1v) is 6.67. The number of piperidine rings is 1. The van der Waals surface area contributed by atoms with Gasteiger partial charge < -0.3 is 10.5 Å². The van der Waals surface area contributed by atoms with Gasteiger partial charge in [0.05, 0.1) is 12.3 Å². The minimum absolute atomic E-state index is 0. The van der Waals surface area contributed by atoms with Gasteiger partial charge in [0.15, 0.2) is 0 Å². The Bertz CT molecular complexity index is 375. The van der Waals surface area contributed by atoms with E-state index in [2.05, 4.69) is 16.2 Å². The average molecular weight is 325 g/mol. The second-order valence-electron chi connectivity index (χ2n) is 5.08. The number of ether oxygens (including phenoxy) is 1. The van der Waals surface area contributed by atoms with Crippen molar-refractivity contribution < 1.29 is 4.74 Å². The quantitative estimate of drug-likeness (QED) is 0.885. The third kappa shape index (κ3) is 5.22. The van der Waals surface area contributed by atoms with Crippen LogP contribution in [0, 0.1) is 0 Å². The molecular formula is C13H26Cl2N4O. The van der Waals surface area contributed by atoms with Crippen molar-refractivity contribution in [2.75, 3.05) is 26.7 Å². The van der Waals surface area contributed by atoms with E-state index in [1.807, 2.05) is 17.9 Å². The molecular weight excluding hydrogens is 299 g/mol. The number of likely N-dealkylation sites (tertiary alicyclic amines) is 1. The van der Waals surface area contributed by atoms with Crippen LogP contribution in [0.1, 0.15) is 18.4 Å². The zero-order valence-corrected chi connectivity index (χ0v) is 13.8. The van der Waals surface area contributed by atoms with Crippen molar-refractivity contribution in [2.24, 2.45) is 12.8 Å². The molecule has 1 aliphatic heterocycles. The van der Waals surface area contributed by atoms with Gasteiger partial charge in [0.25, 0.3) is 0 Å². The van der Waals surface area contributed by atoms with Gasteiger partial charge in [-0.25, -0.2) is 0 Å². The van der Waals surface area contributed by atoms with E-state index in [1.165, 1.54) is 5.56 Å². The molecule has 118 valence electrons. The molecule has 1 aliphatic rings. The Balaban J connectivity index is 0.00000180. The summed E-state index contributed by atoms with van der Waals surface area (Å²) in [5.41, 5.74) is 7.16. The number of methoxy groups -OCH3 is 1. The van der Waals surface area contributed by atoms with Crippen LogP contribution in [0.3, 0.4) is 0 Å². The number of nitrogens with two attached hydrogens (primary N) is 1. The van der Waals surface area contributed by atoms with Gasteiger partial charge in [-0.1, -0.05) is 0 Å². The van der Waals surface area contributed by atoms with Gasteiger partial charge in [0.2, 0.25) is 0 Å². The van der Waals surface area contributed by atoms with Gasteiger partial charge in [-0.15, -0.1) is 24.8 Å². The second-order valence-corrected chi connectivity index (χ2v) is 5.08. The SMILES string of the molecule is COC1CCN(CCc2cnn(C)c2)C(CN)C1.Cl.Cl. The summed E-state index contributed by atoms with van der Waals surface area (Å²) in [6.07, 6.45) is 7.62. The number of hydrogen-bond donors (Lipinski definition) is 1. The van der Waals surface area contributed by atoms with Gasteiger partial charge >= 0.3 is 0 Å². The maximum Gasteiger partial charge on any atom is 0.0599 e. The summed E-state index contributed by atoms with van der Waals surface area (Å²) in [5, 5.41) is 4.20. The smallest absolute Gasteiger partial charge is 0.0599 e. The first-order chi connectivity index (χ1) is 8.72. The van der Waals surface area contributed by atoms with Crippen molar-refractivity contribution >= 4 is 24.8 Å². The lowest BCUT2D eigenvalue weighted by atomic mass is 9.99. The number of hydrogen-bond acceptors (Lipinski definition) is 4. The first kappa shape index (κ1) is 19.7. The summed E-state index contributed by atoms with van der Waals surface area (Å²) < 4.78 is 7.30. The highest BCUT2D eigenvalue weighted by Crippen LogP contribution is 2.19.